The lowest BCUT2D eigenvalue weighted by Gasteiger charge is -2.25. The molecule has 1 aliphatic carbocycles. The fraction of sp³-hybridized carbons (Fsp3) is 0.500. The fourth-order valence-corrected chi connectivity index (χ4v) is 2.45. The second kappa shape index (κ2) is 4.15. The van der Waals surface area contributed by atoms with Gasteiger partial charge in [0.25, 0.3) is 0 Å². The fourth-order valence-electron chi connectivity index (χ4n) is 2.45. The molecule has 2 N–H and O–H groups in total. The molecule has 0 aromatic heterocycles. The Morgan fingerprint density at radius 1 is 1.35 bits per heavy atom. The van der Waals surface area contributed by atoms with E-state index in [2.05, 4.69) is 29.7 Å². The molecule has 0 radical (unpaired) electrons. The van der Waals surface area contributed by atoms with E-state index in [4.69, 9.17) is 0 Å². The Labute approximate surface area is 102 Å². The number of hydrogen-bond acceptors (Lipinski definition) is 2. The summed E-state index contributed by atoms with van der Waals surface area (Å²) in [6.45, 7) is 2.98. The molecule has 1 saturated carbocycles. The molecule has 3 rings (SSSR count). The molecule has 1 aromatic rings. The smallest absolute Gasteiger partial charge is 0.237 e. The highest BCUT2D eigenvalue weighted by Crippen LogP contribution is 2.29. The average molecular weight is 230 g/mol. The van der Waals surface area contributed by atoms with E-state index < -0.39 is 0 Å². The molecule has 1 aliphatic heterocycles. The number of fused-ring (bicyclic) bond motifs is 1. The Kier molecular flexibility index (Phi) is 2.63. The van der Waals surface area contributed by atoms with Crippen LogP contribution in [0.5, 0.6) is 0 Å². The van der Waals surface area contributed by atoms with E-state index in [1.807, 2.05) is 12.1 Å². The van der Waals surface area contributed by atoms with Gasteiger partial charge in [-0.3, -0.25) is 4.79 Å². The van der Waals surface area contributed by atoms with Crippen LogP contribution in [-0.2, 0) is 17.8 Å². The normalized spacial score (nSPS) is 30.5. The Bertz CT molecular complexity index is 444. The Morgan fingerprint density at radius 3 is 2.76 bits per heavy atom. The number of benzene rings is 1. The van der Waals surface area contributed by atoms with Crippen LogP contribution in [0.2, 0.25) is 0 Å². The van der Waals surface area contributed by atoms with Crippen molar-refractivity contribution in [3.63, 3.8) is 0 Å². The minimum atomic E-state index is -0.0577. The van der Waals surface area contributed by atoms with Crippen LogP contribution in [0, 0.1) is 5.92 Å². The van der Waals surface area contributed by atoms with E-state index in [1.165, 1.54) is 11.1 Å². The van der Waals surface area contributed by atoms with Gasteiger partial charge in [0, 0.05) is 12.6 Å². The van der Waals surface area contributed by atoms with Gasteiger partial charge in [-0.25, -0.2) is 0 Å². The van der Waals surface area contributed by atoms with E-state index in [0.29, 0.717) is 12.0 Å². The van der Waals surface area contributed by atoms with Crippen molar-refractivity contribution in [1.29, 1.82) is 0 Å². The predicted octanol–water partition coefficient (Wildman–Crippen LogP) is 1.23. The van der Waals surface area contributed by atoms with E-state index in [0.717, 1.165) is 19.4 Å². The van der Waals surface area contributed by atoms with Gasteiger partial charge in [-0.1, -0.05) is 31.2 Å². The molecule has 1 fully saturated rings. The van der Waals surface area contributed by atoms with Gasteiger partial charge in [0.05, 0.1) is 6.04 Å². The maximum Gasteiger partial charge on any atom is 0.237 e. The zero-order chi connectivity index (χ0) is 11.8. The largest absolute Gasteiger partial charge is 0.352 e. The van der Waals surface area contributed by atoms with Gasteiger partial charge in [-0.05, 0) is 29.9 Å². The lowest BCUT2D eigenvalue weighted by molar-refractivity contribution is -0.123. The van der Waals surface area contributed by atoms with Crippen LogP contribution in [0.15, 0.2) is 24.3 Å². The van der Waals surface area contributed by atoms with Gasteiger partial charge in [0.1, 0.15) is 0 Å². The Hall–Kier alpha value is -1.35. The molecule has 3 atom stereocenters. The van der Waals surface area contributed by atoms with Crippen molar-refractivity contribution < 1.29 is 4.79 Å². The maximum atomic E-state index is 12.0. The summed E-state index contributed by atoms with van der Waals surface area (Å²) in [7, 11) is 0. The standard InChI is InChI=1S/C14H18N2O/c1-9-6-12(9)16-14(17)13-7-10-4-2-3-5-11(10)8-15-13/h2-5,9,12-13,15H,6-8H2,1H3,(H,16,17)/t9?,12?,13-/m0/s1. The van der Waals surface area contributed by atoms with Crippen LogP contribution in [-0.4, -0.2) is 18.0 Å². The van der Waals surface area contributed by atoms with Crippen molar-refractivity contribution in [1.82, 2.24) is 10.6 Å². The van der Waals surface area contributed by atoms with Crippen molar-refractivity contribution in [3.8, 4) is 0 Å². The van der Waals surface area contributed by atoms with Gasteiger partial charge in [0.15, 0.2) is 0 Å². The predicted molar refractivity (Wildman–Crippen MR) is 66.5 cm³/mol. The molecule has 0 bridgehead atoms. The van der Waals surface area contributed by atoms with Crippen LogP contribution in [0.1, 0.15) is 24.5 Å². The average Bonchev–Trinajstić information content (AvgIpc) is 3.04. The van der Waals surface area contributed by atoms with Crippen molar-refractivity contribution in [3.05, 3.63) is 35.4 Å². The highest BCUT2D eigenvalue weighted by molar-refractivity contribution is 5.83. The molecule has 0 saturated heterocycles. The Balaban J connectivity index is 1.65. The Morgan fingerprint density at radius 2 is 2.06 bits per heavy atom. The highest BCUT2D eigenvalue weighted by Gasteiger charge is 2.36. The van der Waals surface area contributed by atoms with Gasteiger partial charge < -0.3 is 10.6 Å². The first-order valence-corrected chi connectivity index (χ1v) is 6.34. The molecule has 2 aliphatic rings. The summed E-state index contributed by atoms with van der Waals surface area (Å²) in [5, 5.41) is 6.41. The third kappa shape index (κ3) is 2.20. The second-order valence-electron chi connectivity index (χ2n) is 5.23. The van der Waals surface area contributed by atoms with E-state index in [1.54, 1.807) is 0 Å². The van der Waals surface area contributed by atoms with E-state index >= 15 is 0 Å². The van der Waals surface area contributed by atoms with Gasteiger partial charge in [-0.15, -0.1) is 0 Å². The SMILES string of the molecule is CC1CC1NC(=O)[C@@H]1Cc2ccccc2CN1. The van der Waals surface area contributed by atoms with Crippen LogP contribution in [0.25, 0.3) is 0 Å². The van der Waals surface area contributed by atoms with Crippen LogP contribution in [0.3, 0.4) is 0 Å². The zero-order valence-corrected chi connectivity index (χ0v) is 10.1. The number of nitrogens with one attached hydrogen (secondary N) is 2. The van der Waals surface area contributed by atoms with Crippen molar-refractivity contribution in [2.75, 3.05) is 0 Å². The quantitative estimate of drug-likeness (QED) is 0.802. The topological polar surface area (TPSA) is 41.1 Å². The van der Waals surface area contributed by atoms with Crippen LogP contribution in [0.4, 0.5) is 0 Å². The highest BCUT2D eigenvalue weighted by atomic mass is 16.2. The molecule has 17 heavy (non-hydrogen) atoms. The number of carbonyl (C=O) groups excluding carboxylic acids is 1. The van der Waals surface area contributed by atoms with Gasteiger partial charge in [0.2, 0.25) is 5.91 Å². The molecule has 1 aromatic carbocycles. The molecular weight excluding hydrogens is 212 g/mol. The monoisotopic (exact) mass is 230 g/mol. The van der Waals surface area contributed by atoms with Crippen molar-refractivity contribution >= 4 is 5.91 Å². The summed E-state index contributed by atoms with van der Waals surface area (Å²) in [5.74, 6) is 0.823. The number of amides is 1. The van der Waals surface area contributed by atoms with Crippen molar-refractivity contribution in [2.24, 2.45) is 5.92 Å². The summed E-state index contributed by atoms with van der Waals surface area (Å²) in [6, 6.07) is 8.70. The zero-order valence-electron chi connectivity index (χ0n) is 10.1. The molecule has 90 valence electrons. The number of carbonyl (C=O) groups is 1. The van der Waals surface area contributed by atoms with Crippen LogP contribution >= 0.6 is 0 Å². The molecule has 2 unspecified atom stereocenters. The third-order valence-electron chi connectivity index (χ3n) is 3.83. The number of rotatable bonds is 2. The second-order valence-corrected chi connectivity index (χ2v) is 5.23. The third-order valence-corrected chi connectivity index (χ3v) is 3.83. The summed E-state index contributed by atoms with van der Waals surface area (Å²) in [6.07, 6.45) is 1.94. The molecule has 1 amide bonds. The molecular formula is C14H18N2O. The summed E-state index contributed by atoms with van der Waals surface area (Å²) in [5.41, 5.74) is 2.62. The minimum absolute atomic E-state index is 0.0577. The van der Waals surface area contributed by atoms with Gasteiger partial charge >= 0.3 is 0 Å². The first kappa shape index (κ1) is 10.8. The minimum Gasteiger partial charge on any atom is -0.352 e. The molecule has 0 spiro atoms. The first-order valence-electron chi connectivity index (χ1n) is 6.34. The van der Waals surface area contributed by atoms with E-state index in [9.17, 15) is 4.79 Å². The summed E-state index contributed by atoms with van der Waals surface area (Å²) in [4.78, 5) is 12.0. The summed E-state index contributed by atoms with van der Waals surface area (Å²) >= 11 is 0. The number of hydrogen-bond donors (Lipinski definition) is 2. The lowest BCUT2D eigenvalue weighted by Crippen LogP contribution is -2.48. The first-order chi connectivity index (χ1) is 8.24. The lowest BCUT2D eigenvalue weighted by atomic mass is 9.95. The molecule has 3 heteroatoms. The van der Waals surface area contributed by atoms with Gasteiger partial charge in [-0.2, -0.15) is 0 Å². The molecule has 3 nitrogen and oxygen atoms in total. The molecule has 1 heterocycles. The van der Waals surface area contributed by atoms with Crippen molar-refractivity contribution in [2.45, 2.75) is 38.4 Å². The van der Waals surface area contributed by atoms with Crippen LogP contribution < -0.4 is 10.6 Å². The maximum absolute atomic E-state index is 12.0. The summed E-state index contributed by atoms with van der Waals surface area (Å²) < 4.78 is 0. The van der Waals surface area contributed by atoms with E-state index in [-0.39, 0.29) is 11.9 Å².